The summed E-state index contributed by atoms with van der Waals surface area (Å²) in [6.45, 7) is 4.34. The van der Waals surface area contributed by atoms with Crippen molar-refractivity contribution in [3.8, 4) is 0 Å². The van der Waals surface area contributed by atoms with E-state index in [0.29, 0.717) is 5.69 Å². The van der Waals surface area contributed by atoms with Gasteiger partial charge in [-0.15, -0.1) is 0 Å². The molecule has 0 saturated heterocycles. The van der Waals surface area contributed by atoms with Gasteiger partial charge in [0, 0.05) is 25.2 Å². The first kappa shape index (κ1) is 19.1. The number of aryl methyl sites for hydroxylation is 2. The number of rotatable bonds is 7. The van der Waals surface area contributed by atoms with Gasteiger partial charge in [-0.2, -0.15) is 4.31 Å². The molecule has 25 heavy (non-hydrogen) atoms. The number of carbonyl (C=O) groups excluding carboxylic acids is 1. The maximum absolute atomic E-state index is 12.1. The van der Waals surface area contributed by atoms with Crippen LogP contribution in [0.4, 0.5) is 5.69 Å². The molecule has 2 rings (SSSR count). The van der Waals surface area contributed by atoms with E-state index < -0.39 is 10.0 Å². The molecule has 0 fully saturated rings. The van der Waals surface area contributed by atoms with Gasteiger partial charge in [0.15, 0.2) is 0 Å². The van der Waals surface area contributed by atoms with Gasteiger partial charge in [-0.3, -0.25) is 4.79 Å². The van der Waals surface area contributed by atoms with Crippen LogP contribution in [0.25, 0.3) is 0 Å². The molecule has 134 valence electrons. The second-order valence-corrected chi connectivity index (χ2v) is 8.23. The molecule has 0 aliphatic heterocycles. The molecular weight excluding hydrogens is 336 g/mol. The van der Waals surface area contributed by atoms with Crippen LogP contribution in [-0.4, -0.2) is 31.4 Å². The van der Waals surface area contributed by atoms with Crippen LogP contribution in [0.2, 0.25) is 0 Å². The first-order valence-corrected chi connectivity index (χ1v) is 9.96. The third-order valence-electron chi connectivity index (χ3n) is 3.83. The van der Waals surface area contributed by atoms with E-state index in [1.807, 2.05) is 62.4 Å². The lowest BCUT2D eigenvalue weighted by atomic mass is 10.1. The molecule has 1 amide bonds. The number of sulfonamides is 1. The lowest BCUT2D eigenvalue weighted by Crippen LogP contribution is -2.32. The summed E-state index contributed by atoms with van der Waals surface area (Å²) in [5.41, 5.74) is 3.80. The summed E-state index contributed by atoms with van der Waals surface area (Å²) in [4.78, 5) is 12.1. The van der Waals surface area contributed by atoms with Crippen LogP contribution in [0.15, 0.2) is 48.5 Å². The largest absolute Gasteiger partial charge is 0.326 e. The summed E-state index contributed by atoms with van der Waals surface area (Å²) in [5.74, 6) is -0.207. The average Bonchev–Trinajstić information content (AvgIpc) is 2.52. The zero-order chi connectivity index (χ0) is 18.4. The van der Waals surface area contributed by atoms with Crippen molar-refractivity contribution in [3.05, 3.63) is 65.2 Å². The number of anilines is 1. The number of nitrogens with zero attached hydrogens (tertiary/aromatic N) is 1. The molecule has 1 N–H and O–H groups in total. The molecule has 0 spiro atoms. The summed E-state index contributed by atoms with van der Waals surface area (Å²) >= 11 is 0. The van der Waals surface area contributed by atoms with Crippen molar-refractivity contribution in [2.45, 2.75) is 26.8 Å². The minimum Gasteiger partial charge on any atom is -0.326 e. The molecule has 5 nitrogen and oxygen atoms in total. The van der Waals surface area contributed by atoms with Gasteiger partial charge in [-0.25, -0.2) is 8.42 Å². The van der Waals surface area contributed by atoms with E-state index in [0.717, 1.165) is 16.7 Å². The van der Waals surface area contributed by atoms with Crippen LogP contribution in [-0.2, 0) is 21.4 Å². The van der Waals surface area contributed by atoms with Crippen LogP contribution >= 0.6 is 0 Å². The Labute approximate surface area is 149 Å². The van der Waals surface area contributed by atoms with Crippen molar-refractivity contribution < 1.29 is 13.2 Å². The Morgan fingerprint density at radius 2 is 1.72 bits per heavy atom. The van der Waals surface area contributed by atoms with Gasteiger partial charge in [-0.1, -0.05) is 47.5 Å². The van der Waals surface area contributed by atoms with Crippen LogP contribution in [0.1, 0.15) is 23.1 Å². The summed E-state index contributed by atoms with van der Waals surface area (Å²) in [5, 5.41) is 2.79. The van der Waals surface area contributed by atoms with E-state index in [-0.39, 0.29) is 25.4 Å². The highest BCUT2D eigenvalue weighted by molar-refractivity contribution is 7.88. The number of amides is 1. The van der Waals surface area contributed by atoms with Gasteiger partial charge in [0.1, 0.15) is 0 Å². The molecule has 0 saturated carbocycles. The molecule has 0 unspecified atom stereocenters. The quantitative estimate of drug-likeness (QED) is 0.825. The number of hydrogen-bond acceptors (Lipinski definition) is 3. The molecule has 0 atom stereocenters. The fraction of sp³-hybridized carbons (Fsp3) is 0.316. The van der Waals surface area contributed by atoms with Gasteiger partial charge in [-0.05, 0) is 31.5 Å². The normalized spacial score (nSPS) is 11.5. The van der Waals surface area contributed by atoms with Crippen LogP contribution in [0.5, 0.6) is 0 Å². The van der Waals surface area contributed by atoms with Crippen molar-refractivity contribution in [1.29, 1.82) is 0 Å². The minimum absolute atomic E-state index is 0.104. The first-order valence-electron chi connectivity index (χ1n) is 8.11. The van der Waals surface area contributed by atoms with E-state index in [9.17, 15) is 13.2 Å². The van der Waals surface area contributed by atoms with Gasteiger partial charge < -0.3 is 5.32 Å². The Balaban J connectivity index is 1.98. The highest BCUT2D eigenvalue weighted by Crippen LogP contribution is 2.12. The van der Waals surface area contributed by atoms with Crippen molar-refractivity contribution in [2.75, 3.05) is 18.1 Å². The fourth-order valence-corrected chi connectivity index (χ4v) is 3.27. The topological polar surface area (TPSA) is 66.5 Å². The Morgan fingerprint density at radius 3 is 2.32 bits per heavy atom. The maximum atomic E-state index is 12.1. The zero-order valence-electron chi connectivity index (χ0n) is 14.8. The summed E-state index contributed by atoms with van der Waals surface area (Å²) in [7, 11) is -3.40. The Bertz CT molecular complexity index is 830. The summed E-state index contributed by atoms with van der Waals surface area (Å²) < 4.78 is 25.4. The molecular formula is C19H24N2O3S. The van der Waals surface area contributed by atoms with E-state index in [1.54, 1.807) is 0 Å². The standard InChI is InChI=1S/C19H24N2O3S/c1-15-7-9-18(10-8-15)20-19(22)11-12-21(25(3,23)24)14-17-6-4-5-16(2)13-17/h4-10,13H,11-12,14H2,1-3H3,(H,20,22). The molecule has 0 heterocycles. The van der Waals surface area contributed by atoms with Gasteiger partial charge in [0.25, 0.3) is 0 Å². The Hall–Kier alpha value is -2.18. The summed E-state index contributed by atoms with van der Waals surface area (Å²) in [6, 6.07) is 15.2. The fourth-order valence-electron chi connectivity index (χ4n) is 2.46. The molecule has 0 aliphatic carbocycles. The molecule has 0 aromatic heterocycles. The maximum Gasteiger partial charge on any atom is 0.225 e. The van der Waals surface area contributed by atoms with Crippen molar-refractivity contribution >= 4 is 21.6 Å². The van der Waals surface area contributed by atoms with E-state index in [4.69, 9.17) is 0 Å². The van der Waals surface area contributed by atoms with Crippen molar-refractivity contribution in [2.24, 2.45) is 0 Å². The van der Waals surface area contributed by atoms with E-state index in [1.165, 1.54) is 10.6 Å². The number of carbonyl (C=O) groups is 1. The van der Waals surface area contributed by atoms with E-state index in [2.05, 4.69) is 5.32 Å². The second kappa shape index (κ2) is 8.27. The number of nitrogens with one attached hydrogen (secondary N) is 1. The van der Waals surface area contributed by atoms with Crippen molar-refractivity contribution in [1.82, 2.24) is 4.31 Å². The highest BCUT2D eigenvalue weighted by atomic mass is 32.2. The predicted octanol–water partition coefficient (Wildman–Crippen LogP) is 3.09. The Morgan fingerprint density at radius 1 is 1.04 bits per heavy atom. The lowest BCUT2D eigenvalue weighted by molar-refractivity contribution is -0.116. The third-order valence-corrected chi connectivity index (χ3v) is 5.08. The van der Waals surface area contributed by atoms with Crippen molar-refractivity contribution in [3.63, 3.8) is 0 Å². The monoisotopic (exact) mass is 360 g/mol. The van der Waals surface area contributed by atoms with Gasteiger partial charge >= 0.3 is 0 Å². The molecule has 2 aromatic rings. The van der Waals surface area contributed by atoms with E-state index >= 15 is 0 Å². The molecule has 0 bridgehead atoms. The summed E-state index contributed by atoms with van der Waals surface area (Å²) in [6.07, 6.45) is 1.27. The third kappa shape index (κ3) is 6.32. The first-order chi connectivity index (χ1) is 11.7. The zero-order valence-corrected chi connectivity index (χ0v) is 15.6. The highest BCUT2D eigenvalue weighted by Gasteiger charge is 2.18. The SMILES string of the molecule is Cc1ccc(NC(=O)CCN(Cc2cccc(C)c2)S(C)(=O)=O)cc1. The van der Waals surface area contributed by atoms with Crippen LogP contribution in [0.3, 0.4) is 0 Å². The van der Waals surface area contributed by atoms with Crippen LogP contribution < -0.4 is 5.32 Å². The second-order valence-electron chi connectivity index (χ2n) is 6.25. The van der Waals surface area contributed by atoms with Crippen LogP contribution in [0, 0.1) is 13.8 Å². The average molecular weight is 360 g/mol. The van der Waals surface area contributed by atoms with Gasteiger partial charge in [0.05, 0.1) is 6.26 Å². The molecule has 2 aromatic carbocycles. The lowest BCUT2D eigenvalue weighted by Gasteiger charge is -2.20. The molecule has 6 heteroatoms. The number of benzene rings is 2. The smallest absolute Gasteiger partial charge is 0.225 e. The predicted molar refractivity (Wildman–Crippen MR) is 101 cm³/mol. The van der Waals surface area contributed by atoms with Gasteiger partial charge in [0.2, 0.25) is 15.9 Å². The minimum atomic E-state index is -3.40. The number of hydrogen-bond donors (Lipinski definition) is 1. The Kier molecular flexibility index (Phi) is 6.33. The molecule has 0 radical (unpaired) electrons. The molecule has 0 aliphatic rings.